The number of amides is 1. The Hall–Kier alpha value is -1.44. The molecule has 1 aliphatic heterocycles. The molecule has 0 saturated carbocycles. The predicted octanol–water partition coefficient (Wildman–Crippen LogP) is 1.93. The molecule has 0 aliphatic carbocycles. The fourth-order valence-electron chi connectivity index (χ4n) is 3.14. The van der Waals surface area contributed by atoms with Gasteiger partial charge in [0.2, 0.25) is 5.82 Å². The lowest BCUT2D eigenvalue weighted by Gasteiger charge is -2.37. The monoisotopic (exact) mass is 374 g/mol. The number of nitrogens with zero attached hydrogens (tertiary/aromatic N) is 5. The normalized spacial score (nSPS) is 18.7. The van der Waals surface area contributed by atoms with Gasteiger partial charge in [-0.3, -0.25) is 4.79 Å². The maximum atomic E-state index is 12.8. The Morgan fingerprint density at radius 1 is 1.29 bits per heavy atom. The Labute approximate surface area is 153 Å². The highest BCUT2D eigenvalue weighted by Crippen LogP contribution is 2.21. The number of aryl methyl sites for hydroxylation is 2. The fourth-order valence-corrected chi connectivity index (χ4v) is 3.14. The van der Waals surface area contributed by atoms with Crippen molar-refractivity contribution in [2.75, 3.05) is 6.54 Å². The Morgan fingerprint density at radius 2 is 2.00 bits per heavy atom. The van der Waals surface area contributed by atoms with Gasteiger partial charge in [0, 0.05) is 30.0 Å². The van der Waals surface area contributed by atoms with Crippen LogP contribution < -0.4 is 5.73 Å². The van der Waals surface area contributed by atoms with Gasteiger partial charge >= 0.3 is 0 Å². The number of aromatic nitrogens is 4. The molecule has 1 saturated heterocycles. The number of hydrogen-bond acceptors (Lipinski definition) is 5. The van der Waals surface area contributed by atoms with E-state index in [0.29, 0.717) is 12.3 Å². The van der Waals surface area contributed by atoms with Gasteiger partial charge in [-0.25, -0.2) is 9.50 Å². The van der Waals surface area contributed by atoms with Gasteiger partial charge < -0.3 is 10.6 Å². The zero-order valence-electron chi connectivity index (χ0n) is 14.1. The Bertz CT molecular complexity index is 717. The van der Waals surface area contributed by atoms with Gasteiger partial charge in [0.25, 0.3) is 11.7 Å². The molecule has 1 aliphatic rings. The minimum atomic E-state index is -0.149. The number of carbonyl (C=O) groups is 1. The van der Waals surface area contributed by atoms with Crippen LogP contribution in [0.25, 0.3) is 5.78 Å². The van der Waals surface area contributed by atoms with Gasteiger partial charge in [0.05, 0.1) is 0 Å². The van der Waals surface area contributed by atoms with Crippen molar-refractivity contribution in [2.45, 2.75) is 52.1 Å². The average Bonchev–Trinajstić information content (AvgIpc) is 2.90. The van der Waals surface area contributed by atoms with Gasteiger partial charge in [0.15, 0.2) is 0 Å². The molecule has 9 heteroatoms. The smallest absolute Gasteiger partial charge is 0.293 e. The maximum absolute atomic E-state index is 12.8. The van der Waals surface area contributed by atoms with Crippen LogP contribution in [0.1, 0.15) is 48.2 Å². The van der Waals surface area contributed by atoms with Crippen LogP contribution in [0.2, 0.25) is 0 Å². The lowest BCUT2D eigenvalue weighted by atomic mass is 9.97. The summed E-state index contributed by atoms with van der Waals surface area (Å²) in [5.74, 6) is 0.522. The molecule has 2 N–H and O–H groups in total. The highest BCUT2D eigenvalue weighted by molar-refractivity contribution is 5.91. The molecule has 0 radical (unpaired) electrons. The molecule has 2 aromatic rings. The van der Waals surface area contributed by atoms with Gasteiger partial charge in [-0.05, 0) is 46.1 Å². The summed E-state index contributed by atoms with van der Waals surface area (Å²) in [5, 5.41) is 4.33. The average molecular weight is 375 g/mol. The number of hydrogen-bond donors (Lipinski definition) is 1. The topological polar surface area (TPSA) is 89.4 Å². The molecule has 7 nitrogen and oxygen atoms in total. The van der Waals surface area contributed by atoms with Crippen LogP contribution in [0.5, 0.6) is 0 Å². The summed E-state index contributed by atoms with van der Waals surface area (Å²) in [6, 6.07) is 1.92. The van der Waals surface area contributed by atoms with Crippen molar-refractivity contribution in [2.24, 2.45) is 5.73 Å². The molecule has 1 fully saturated rings. The van der Waals surface area contributed by atoms with Crippen molar-refractivity contribution in [3.8, 4) is 0 Å². The second-order valence-corrected chi connectivity index (χ2v) is 6.11. The number of fused-ring (bicyclic) bond motifs is 1. The van der Waals surface area contributed by atoms with E-state index in [1.54, 1.807) is 4.52 Å². The molecule has 2 aromatic heterocycles. The highest BCUT2D eigenvalue weighted by Gasteiger charge is 2.32. The van der Waals surface area contributed by atoms with E-state index < -0.39 is 0 Å². The molecule has 2 atom stereocenters. The maximum Gasteiger partial charge on any atom is 0.293 e. The number of likely N-dealkylation sites (tertiary alicyclic amines) is 1. The minimum Gasteiger partial charge on any atom is -0.331 e. The summed E-state index contributed by atoms with van der Waals surface area (Å²) >= 11 is 0. The third-order valence-corrected chi connectivity index (χ3v) is 4.23. The molecule has 24 heavy (non-hydrogen) atoms. The van der Waals surface area contributed by atoms with E-state index in [-0.39, 0.29) is 48.6 Å². The van der Waals surface area contributed by atoms with Crippen LogP contribution in [0.3, 0.4) is 0 Å². The van der Waals surface area contributed by atoms with Gasteiger partial charge in [-0.15, -0.1) is 29.9 Å². The van der Waals surface area contributed by atoms with Crippen LogP contribution in [0.15, 0.2) is 6.07 Å². The third kappa shape index (κ3) is 3.79. The zero-order valence-corrected chi connectivity index (χ0v) is 15.7. The lowest BCUT2D eigenvalue weighted by molar-refractivity contribution is 0.0571. The van der Waals surface area contributed by atoms with Crippen LogP contribution in [-0.4, -0.2) is 49.0 Å². The molecule has 3 rings (SSSR count). The van der Waals surface area contributed by atoms with Gasteiger partial charge in [-0.1, -0.05) is 0 Å². The van der Waals surface area contributed by atoms with Crippen LogP contribution in [0, 0.1) is 13.8 Å². The fraction of sp³-hybridized carbons (Fsp3) is 0.600. The highest BCUT2D eigenvalue weighted by atomic mass is 35.5. The zero-order chi connectivity index (χ0) is 15.9. The number of nitrogens with two attached hydrogens (primary N) is 1. The SMILES string of the molecule is Cc1cc(C)n2nc(C(=O)N3CCCCC3C(C)N)nc2n1.Cl.Cl. The molecular formula is C15H24Cl2N6O. The first kappa shape index (κ1) is 20.6. The predicted molar refractivity (Wildman–Crippen MR) is 97.1 cm³/mol. The molecule has 134 valence electrons. The second-order valence-electron chi connectivity index (χ2n) is 6.11. The standard InChI is InChI=1S/C15H22N6O.2ClH/c1-9-8-10(2)21-15(17-9)18-13(19-21)14(22)20-7-5-4-6-12(20)11(3)16;;/h8,11-12H,4-7,16H2,1-3H3;2*1H. The summed E-state index contributed by atoms with van der Waals surface area (Å²) in [6.07, 6.45) is 3.04. The van der Waals surface area contributed by atoms with E-state index in [1.807, 2.05) is 31.7 Å². The van der Waals surface area contributed by atoms with Crippen molar-refractivity contribution in [3.63, 3.8) is 0 Å². The molecule has 0 aromatic carbocycles. The summed E-state index contributed by atoms with van der Waals surface area (Å²) in [6.45, 7) is 6.49. The summed E-state index contributed by atoms with van der Waals surface area (Å²) in [5.41, 5.74) is 7.82. The van der Waals surface area contributed by atoms with E-state index in [0.717, 1.165) is 30.7 Å². The Kier molecular flexibility index (Phi) is 6.95. The molecular weight excluding hydrogens is 351 g/mol. The lowest BCUT2D eigenvalue weighted by Crippen LogP contribution is -2.51. The van der Waals surface area contributed by atoms with E-state index in [4.69, 9.17) is 5.73 Å². The summed E-state index contributed by atoms with van der Waals surface area (Å²) in [4.78, 5) is 23.3. The van der Waals surface area contributed by atoms with Crippen molar-refractivity contribution >= 4 is 36.5 Å². The van der Waals surface area contributed by atoms with Crippen molar-refractivity contribution in [1.29, 1.82) is 0 Å². The van der Waals surface area contributed by atoms with E-state index in [9.17, 15) is 4.79 Å². The number of rotatable bonds is 2. The molecule has 0 bridgehead atoms. The quantitative estimate of drug-likeness (QED) is 0.866. The van der Waals surface area contributed by atoms with Crippen LogP contribution in [0.4, 0.5) is 0 Å². The van der Waals surface area contributed by atoms with Crippen molar-refractivity contribution < 1.29 is 4.79 Å². The number of halogens is 2. The van der Waals surface area contributed by atoms with E-state index in [2.05, 4.69) is 15.1 Å². The third-order valence-electron chi connectivity index (χ3n) is 4.23. The number of carbonyl (C=O) groups excluding carboxylic acids is 1. The van der Waals surface area contributed by atoms with E-state index >= 15 is 0 Å². The first-order valence-electron chi connectivity index (χ1n) is 7.75. The largest absolute Gasteiger partial charge is 0.331 e. The van der Waals surface area contributed by atoms with Crippen LogP contribution >= 0.6 is 24.8 Å². The first-order chi connectivity index (χ1) is 10.5. The van der Waals surface area contributed by atoms with Crippen LogP contribution in [-0.2, 0) is 0 Å². The van der Waals surface area contributed by atoms with Gasteiger partial charge in [-0.2, -0.15) is 4.98 Å². The number of piperidine rings is 1. The minimum absolute atomic E-state index is 0. The van der Waals surface area contributed by atoms with E-state index in [1.165, 1.54) is 0 Å². The molecule has 1 amide bonds. The molecule has 0 spiro atoms. The van der Waals surface area contributed by atoms with Crippen molar-refractivity contribution in [1.82, 2.24) is 24.5 Å². The summed E-state index contributed by atoms with van der Waals surface area (Å²) < 4.78 is 1.62. The van der Waals surface area contributed by atoms with Crippen molar-refractivity contribution in [3.05, 3.63) is 23.3 Å². The summed E-state index contributed by atoms with van der Waals surface area (Å²) in [7, 11) is 0. The first-order valence-corrected chi connectivity index (χ1v) is 7.75. The Morgan fingerprint density at radius 3 is 2.67 bits per heavy atom. The Balaban J connectivity index is 0.00000144. The molecule has 2 unspecified atom stereocenters. The molecule has 3 heterocycles. The van der Waals surface area contributed by atoms with Gasteiger partial charge in [0.1, 0.15) is 0 Å². The second kappa shape index (κ2) is 8.09.